The third-order valence-corrected chi connectivity index (χ3v) is 5.53. The number of aliphatic imine (C=N–C) groups is 1. The van der Waals surface area contributed by atoms with Crippen molar-refractivity contribution in [1.29, 1.82) is 0 Å². The minimum atomic E-state index is 0. The highest BCUT2D eigenvalue weighted by atomic mass is 127. The molecule has 0 unspecified atom stereocenters. The van der Waals surface area contributed by atoms with Gasteiger partial charge in [0.1, 0.15) is 6.26 Å². The van der Waals surface area contributed by atoms with Gasteiger partial charge in [-0.2, -0.15) is 0 Å². The van der Waals surface area contributed by atoms with E-state index in [0.717, 1.165) is 54.6 Å². The molecule has 1 aromatic carbocycles. The Morgan fingerprint density at radius 2 is 1.86 bits per heavy atom. The molecular formula is C21H28IN5OS. The second-order valence-electron chi connectivity index (χ2n) is 6.51. The monoisotopic (exact) mass is 525 g/mol. The maximum absolute atomic E-state index is 5.61. The summed E-state index contributed by atoms with van der Waals surface area (Å²) >= 11 is 1.78. The summed E-state index contributed by atoms with van der Waals surface area (Å²) in [6.07, 6.45) is 6.40. The molecule has 2 aromatic heterocycles. The van der Waals surface area contributed by atoms with Gasteiger partial charge >= 0.3 is 0 Å². The molecule has 0 saturated carbocycles. The quantitative estimate of drug-likeness (QED) is 0.262. The highest BCUT2D eigenvalue weighted by Crippen LogP contribution is 2.19. The molecule has 0 aliphatic rings. The van der Waals surface area contributed by atoms with Crippen LogP contribution in [-0.2, 0) is 19.3 Å². The number of halogens is 1. The number of oxazole rings is 1. The second-order valence-corrected chi connectivity index (χ2v) is 7.71. The van der Waals surface area contributed by atoms with E-state index in [2.05, 4.69) is 51.6 Å². The summed E-state index contributed by atoms with van der Waals surface area (Å²) in [4.78, 5) is 14.6. The van der Waals surface area contributed by atoms with Crippen molar-refractivity contribution in [1.82, 2.24) is 20.6 Å². The molecule has 0 bridgehead atoms. The van der Waals surface area contributed by atoms with E-state index in [1.807, 2.05) is 18.3 Å². The Labute approximate surface area is 193 Å². The smallest absolute Gasteiger partial charge is 0.226 e. The first kappa shape index (κ1) is 23.3. The van der Waals surface area contributed by atoms with Crippen LogP contribution >= 0.6 is 35.3 Å². The molecule has 3 aromatic rings. The molecule has 0 spiro atoms. The Kier molecular flexibility index (Phi) is 9.59. The lowest BCUT2D eigenvalue weighted by Gasteiger charge is -2.10. The van der Waals surface area contributed by atoms with Gasteiger partial charge in [0.2, 0.25) is 5.89 Å². The predicted octanol–water partition coefficient (Wildman–Crippen LogP) is 4.24. The van der Waals surface area contributed by atoms with Crippen molar-refractivity contribution in [2.24, 2.45) is 4.99 Å². The minimum Gasteiger partial charge on any atom is -0.444 e. The first-order chi connectivity index (χ1) is 13.7. The SMILES string of the molecule is CCc1cnc(CCNC(=NC)NCCc2coc(-c3ccc(C)cc3)n2)s1.I. The van der Waals surface area contributed by atoms with E-state index >= 15 is 0 Å². The third kappa shape index (κ3) is 7.11. The number of nitrogens with zero attached hydrogens (tertiary/aromatic N) is 3. The van der Waals surface area contributed by atoms with Crippen LogP contribution in [0.2, 0.25) is 0 Å². The summed E-state index contributed by atoms with van der Waals surface area (Å²) in [6.45, 7) is 5.76. The minimum absolute atomic E-state index is 0. The standard InChI is InChI=1S/C21H27N5OS.HI/c1-4-18-13-25-19(28-18)10-12-24-21(22-3)23-11-9-17-14-27-20(26-17)16-7-5-15(2)6-8-16;/h5-8,13-14H,4,9-12H2,1-3H3,(H2,22,23,24);1H. The Morgan fingerprint density at radius 3 is 2.52 bits per heavy atom. The lowest BCUT2D eigenvalue weighted by atomic mass is 10.1. The average Bonchev–Trinajstić information content (AvgIpc) is 3.37. The number of hydrogen-bond acceptors (Lipinski definition) is 5. The molecule has 3 rings (SSSR count). The van der Waals surface area contributed by atoms with Gasteiger partial charge in [-0.05, 0) is 25.5 Å². The van der Waals surface area contributed by atoms with E-state index in [1.54, 1.807) is 24.6 Å². The third-order valence-electron chi connectivity index (χ3n) is 4.33. The molecule has 2 N–H and O–H groups in total. The van der Waals surface area contributed by atoms with Gasteiger partial charge in [-0.25, -0.2) is 9.97 Å². The molecule has 0 aliphatic heterocycles. The molecule has 0 atom stereocenters. The summed E-state index contributed by atoms with van der Waals surface area (Å²) in [5, 5.41) is 7.81. The van der Waals surface area contributed by atoms with Gasteiger partial charge in [0.05, 0.1) is 10.7 Å². The molecule has 2 heterocycles. The van der Waals surface area contributed by atoms with Crippen molar-refractivity contribution in [3.05, 3.63) is 57.9 Å². The average molecular weight is 525 g/mol. The largest absolute Gasteiger partial charge is 0.444 e. The van der Waals surface area contributed by atoms with E-state index in [0.29, 0.717) is 5.89 Å². The van der Waals surface area contributed by atoms with E-state index in [4.69, 9.17) is 4.42 Å². The first-order valence-electron chi connectivity index (χ1n) is 9.57. The fraction of sp³-hybridized carbons (Fsp3) is 0.381. The molecule has 29 heavy (non-hydrogen) atoms. The van der Waals surface area contributed by atoms with Crippen molar-refractivity contribution in [3.8, 4) is 11.5 Å². The Bertz CT molecular complexity index is 904. The van der Waals surface area contributed by atoms with Crippen molar-refractivity contribution >= 4 is 41.3 Å². The van der Waals surface area contributed by atoms with E-state index in [1.165, 1.54) is 10.4 Å². The number of thiazole rings is 1. The summed E-state index contributed by atoms with van der Waals surface area (Å²) in [5.41, 5.74) is 3.14. The van der Waals surface area contributed by atoms with Crippen LogP contribution in [-0.4, -0.2) is 36.1 Å². The molecule has 6 nitrogen and oxygen atoms in total. The van der Waals surface area contributed by atoms with Crippen LogP contribution in [0.25, 0.3) is 11.5 Å². The molecular weight excluding hydrogens is 497 g/mol. The van der Waals surface area contributed by atoms with Crippen molar-refractivity contribution < 1.29 is 4.42 Å². The summed E-state index contributed by atoms with van der Waals surface area (Å²) in [7, 11) is 1.78. The second kappa shape index (κ2) is 11.9. The molecule has 0 radical (unpaired) electrons. The van der Waals surface area contributed by atoms with Crippen LogP contribution in [0.1, 0.15) is 28.1 Å². The first-order valence-corrected chi connectivity index (χ1v) is 10.4. The molecule has 0 aliphatic carbocycles. The lowest BCUT2D eigenvalue weighted by molar-refractivity contribution is 0.572. The number of nitrogens with one attached hydrogen (secondary N) is 2. The van der Waals surface area contributed by atoms with E-state index in [-0.39, 0.29) is 24.0 Å². The summed E-state index contributed by atoms with van der Waals surface area (Å²) < 4.78 is 5.61. The fourth-order valence-corrected chi connectivity index (χ4v) is 3.56. The van der Waals surface area contributed by atoms with Gasteiger partial charge in [-0.1, -0.05) is 24.6 Å². The Hall–Kier alpha value is -1.94. The number of hydrogen-bond donors (Lipinski definition) is 2. The number of rotatable bonds is 8. The summed E-state index contributed by atoms with van der Waals surface area (Å²) in [5.74, 6) is 1.45. The maximum Gasteiger partial charge on any atom is 0.226 e. The molecule has 156 valence electrons. The van der Waals surface area contributed by atoms with Crippen LogP contribution in [0.15, 0.2) is 46.1 Å². The van der Waals surface area contributed by atoms with E-state index < -0.39 is 0 Å². The van der Waals surface area contributed by atoms with Crippen LogP contribution in [0.4, 0.5) is 0 Å². The van der Waals surface area contributed by atoms with Crippen LogP contribution in [0.5, 0.6) is 0 Å². The highest BCUT2D eigenvalue weighted by Gasteiger charge is 2.07. The highest BCUT2D eigenvalue weighted by molar-refractivity contribution is 14.0. The number of guanidine groups is 1. The Morgan fingerprint density at radius 1 is 1.14 bits per heavy atom. The zero-order valence-electron chi connectivity index (χ0n) is 17.1. The molecule has 8 heteroatoms. The Balaban J connectivity index is 0.00000300. The number of aryl methyl sites for hydroxylation is 2. The molecule has 0 fully saturated rings. The van der Waals surface area contributed by atoms with Crippen molar-refractivity contribution in [2.45, 2.75) is 33.1 Å². The summed E-state index contributed by atoms with van der Waals surface area (Å²) in [6, 6.07) is 8.18. The van der Waals surface area contributed by atoms with Gasteiger partial charge in [-0.3, -0.25) is 4.99 Å². The zero-order valence-corrected chi connectivity index (χ0v) is 20.2. The van der Waals surface area contributed by atoms with Crippen LogP contribution < -0.4 is 10.6 Å². The topological polar surface area (TPSA) is 75.3 Å². The van der Waals surface area contributed by atoms with Gasteiger partial charge in [0.15, 0.2) is 5.96 Å². The van der Waals surface area contributed by atoms with Gasteiger partial charge in [-0.15, -0.1) is 35.3 Å². The van der Waals surface area contributed by atoms with Gasteiger partial charge in [0, 0.05) is 49.6 Å². The number of benzene rings is 1. The number of aromatic nitrogens is 2. The van der Waals surface area contributed by atoms with Gasteiger partial charge in [0.25, 0.3) is 0 Å². The zero-order chi connectivity index (χ0) is 19.8. The fourth-order valence-electron chi connectivity index (χ4n) is 2.70. The van der Waals surface area contributed by atoms with E-state index in [9.17, 15) is 0 Å². The van der Waals surface area contributed by atoms with Gasteiger partial charge < -0.3 is 15.1 Å². The van der Waals surface area contributed by atoms with Crippen LogP contribution in [0.3, 0.4) is 0 Å². The van der Waals surface area contributed by atoms with Crippen molar-refractivity contribution in [2.75, 3.05) is 20.1 Å². The lowest BCUT2D eigenvalue weighted by Crippen LogP contribution is -2.39. The normalized spacial score (nSPS) is 11.2. The molecule has 0 amide bonds. The molecule has 0 saturated heterocycles. The predicted molar refractivity (Wildman–Crippen MR) is 130 cm³/mol. The van der Waals surface area contributed by atoms with Crippen molar-refractivity contribution in [3.63, 3.8) is 0 Å². The van der Waals surface area contributed by atoms with Crippen LogP contribution in [0, 0.1) is 6.92 Å². The maximum atomic E-state index is 5.61.